The molecule has 0 amide bonds. The summed E-state index contributed by atoms with van der Waals surface area (Å²) < 4.78 is 25.8. The van der Waals surface area contributed by atoms with Crippen LogP contribution in [0.2, 0.25) is 0 Å². The highest BCUT2D eigenvalue weighted by Gasteiger charge is 2.29. The van der Waals surface area contributed by atoms with Gasteiger partial charge in [0.1, 0.15) is 11.9 Å². The largest absolute Gasteiger partial charge is 0.385 e. The van der Waals surface area contributed by atoms with Gasteiger partial charge in [-0.2, -0.15) is 4.31 Å². The summed E-state index contributed by atoms with van der Waals surface area (Å²) in [5.74, 6) is 1.10. The number of aliphatic hydroxyl groups excluding tert-OH is 1. The Balaban J connectivity index is 2.06. The first-order chi connectivity index (χ1) is 9.82. The van der Waals surface area contributed by atoms with Crippen LogP contribution in [0.4, 0.5) is 5.82 Å². The molecule has 0 aromatic carbocycles. The van der Waals surface area contributed by atoms with E-state index in [-0.39, 0.29) is 0 Å². The lowest BCUT2D eigenvalue weighted by molar-refractivity contribution is 0.189. The fourth-order valence-electron chi connectivity index (χ4n) is 2.21. The van der Waals surface area contributed by atoms with Gasteiger partial charge in [0.15, 0.2) is 5.82 Å². The van der Waals surface area contributed by atoms with E-state index in [1.54, 1.807) is 33.0 Å². The second-order valence-corrected chi connectivity index (χ2v) is 7.92. The van der Waals surface area contributed by atoms with Crippen LogP contribution in [0.1, 0.15) is 32.7 Å². The Morgan fingerprint density at radius 2 is 1.81 bits per heavy atom. The van der Waals surface area contributed by atoms with Crippen LogP contribution in [0.25, 0.3) is 0 Å². The van der Waals surface area contributed by atoms with Crippen molar-refractivity contribution in [3.05, 3.63) is 18.1 Å². The van der Waals surface area contributed by atoms with Gasteiger partial charge >= 0.3 is 0 Å². The lowest BCUT2D eigenvalue weighted by Gasteiger charge is -2.35. The summed E-state index contributed by atoms with van der Waals surface area (Å²) >= 11 is 0. The van der Waals surface area contributed by atoms with Gasteiger partial charge in [0.25, 0.3) is 0 Å². The molecule has 1 saturated heterocycles. The van der Waals surface area contributed by atoms with Crippen LogP contribution in [-0.4, -0.2) is 59.2 Å². The maximum absolute atomic E-state index is 12.1. The Labute approximate surface area is 125 Å². The van der Waals surface area contributed by atoms with Gasteiger partial charge in [-0.15, -0.1) is 0 Å². The smallest absolute Gasteiger partial charge is 0.216 e. The number of sulfonamides is 1. The van der Waals surface area contributed by atoms with Gasteiger partial charge in [-0.25, -0.2) is 18.4 Å². The molecule has 1 atom stereocenters. The first kappa shape index (κ1) is 16.1. The van der Waals surface area contributed by atoms with Crippen molar-refractivity contribution in [1.29, 1.82) is 0 Å². The predicted molar refractivity (Wildman–Crippen MR) is 80.5 cm³/mol. The summed E-state index contributed by atoms with van der Waals surface area (Å²) in [5.41, 5.74) is 0. The number of hydrogen-bond donors (Lipinski definition) is 1. The second kappa shape index (κ2) is 6.25. The number of anilines is 1. The van der Waals surface area contributed by atoms with Crippen LogP contribution < -0.4 is 4.90 Å². The number of aliphatic hydroxyl groups is 1. The third-order valence-corrected chi connectivity index (χ3v) is 5.83. The minimum atomic E-state index is -3.19. The molecule has 1 unspecified atom stereocenters. The van der Waals surface area contributed by atoms with Crippen LogP contribution in [0, 0.1) is 0 Å². The number of aromatic nitrogens is 2. The Morgan fingerprint density at radius 1 is 1.19 bits per heavy atom. The highest BCUT2D eigenvalue weighted by atomic mass is 32.2. The molecule has 2 rings (SSSR count). The van der Waals surface area contributed by atoms with Crippen molar-refractivity contribution >= 4 is 15.8 Å². The molecule has 1 aliphatic rings. The predicted octanol–water partition coefficient (Wildman–Crippen LogP) is 0.390. The first-order valence-corrected chi connectivity index (χ1v) is 8.57. The number of rotatable bonds is 4. The van der Waals surface area contributed by atoms with E-state index in [1.165, 1.54) is 4.31 Å². The Kier molecular flexibility index (Phi) is 4.80. The topological polar surface area (TPSA) is 86.6 Å². The summed E-state index contributed by atoms with van der Waals surface area (Å²) in [6.45, 7) is 7.09. The van der Waals surface area contributed by atoms with E-state index in [1.807, 2.05) is 4.90 Å². The van der Waals surface area contributed by atoms with Crippen molar-refractivity contribution in [2.45, 2.75) is 32.1 Å². The molecule has 7 nitrogen and oxygen atoms in total. The molecule has 1 aromatic heterocycles. The molecule has 1 N–H and O–H groups in total. The Bertz CT molecular complexity index is 581. The van der Waals surface area contributed by atoms with Crippen LogP contribution in [-0.2, 0) is 10.0 Å². The molecule has 1 aromatic rings. The fraction of sp³-hybridized carbons (Fsp3) is 0.692. The van der Waals surface area contributed by atoms with E-state index in [0.29, 0.717) is 32.0 Å². The summed E-state index contributed by atoms with van der Waals surface area (Å²) in [4.78, 5) is 10.3. The van der Waals surface area contributed by atoms with Gasteiger partial charge in [-0.3, -0.25) is 0 Å². The van der Waals surface area contributed by atoms with E-state index in [9.17, 15) is 13.5 Å². The summed E-state index contributed by atoms with van der Waals surface area (Å²) in [6.07, 6.45) is 0.897. The Hall–Kier alpha value is -1.25. The molecule has 8 heteroatoms. The van der Waals surface area contributed by atoms with Crippen molar-refractivity contribution in [3.8, 4) is 0 Å². The van der Waals surface area contributed by atoms with Crippen LogP contribution in [0.15, 0.2) is 12.3 Å². The van der Waals surface area contributed by atoms with Gasteiger partial charge in [0.2, 0.25) is 10.0 Å². The molecule has 2 heterocycles. The van der Waals surface area contributed by atoms with Gasteiger partial charge < -0.3 is 10.0 Å². The zero-order valence-electron chi connectivity index (χ0n) is 12.6. The van der Waals surface area contributed by atoms with E-state index < -0.39 is 21.4 Å². The molecule has 118 valence electrons. The molecular weight excluding hydrogens is 292 g/mol. The average Bonchev–Trinajstić information content (AvgIpc) is 2.47. The quantitative estimate of drug-likeness (QED) is 0.865. The van der Waals surface area contributed by atoms with Crippen molar-refractivity contribution in [2.75, 3.05) is 31.1 Å². The molecule has 0 aliphatic carbocycles. The van der Waals surface area contributed by atoms with E-state index in [4.69, 9.17) is 0 Å². The fourth-order valence-corrected chi connectivity index (χ4v) is 3.48. The maximum Gasteiger partial charge on any atom is 0.216 e. The maximum atomic E-state index is 12.1. The van der Waals surface area contributed by atoms with E-state index in [2.05, 4.69) is 9.97 Å². The lowest BCUT2D eigenvalue weighted by Crippen LogP contribution is -2.50. The molecule has 1 aliphatic heterocycles. The van der Waals surface area contributed by atoms with Crippen LogP contribution >= 0.6 is 0 Å². The first-order valence-electron chi connectivity index (χ1n) is 7.07. The van der Waals surface area contributed by atoms with Crippen molar-refractivity contribution < 1.29 is 13.5 Å². The molecule has 0 saturated carbocycles. The Morgan fingerprint density at radius 3 is 2.33 bits per heavy atom. The molecule has 0 bridgehead atoms. The summed E-state index contributed by atoms with van der Waals surface area (Å²) in [7, 11) is -3.19. The van der Waals surface area contributed by atoms with Crippen LogP contribution in [0.3, 0.4) is 0 Å². The number of piperazine rings is 1. The van der Waals surface area contributed by atoms with Crippen LogP contribution in [0.5, 0.6) is 0 Å². The van der Waals surface area contributed by atoms with Gasteiger partial charge in [-0.1, -0.05) is 0 Å². The highest BCUT2D eigenvalue weighted by molar-refractivity contribution is 7.89. The number of hydrogen-bond acceptors (Lipinski definition) is 6. The normalized spacial score (nSPS) is 19.0. The van der Waals surface area contributed by atoms with Gasteiger partial charge in [-0.05, 0) is 26.8 Å². The third-order valence-electron chi connectivity index (χ3n) is 3.55. The lowest BCUT2D eigenvalue weighted by atomic mass is 10.3. The SMILES string of the molecule is CC(O)c1nccc(N2CCN(S(=O)(=O)C(C)C)CC2)n1. The van der Waals surface area contributed by atoms with Gasteiger partial charge in [0, 0.05) is 32.4 Å². The monoisotopic (exact) mass is 314 g/mol. The zero-order chi connectivity index (χ0) is 15.6. The minimum Gasteiger partial charge on any atom is -0.385 e. The molecule has 21 heavy (non-hydrogen) atoms. The summed E-state index contributed by atoms with van der Waals surface area (Å²) in [5, 5.41) is 9.13. The van der Waals surface area contributed by atoms with Gasteiger partial charge in [0.05, 0.1) is 5.25 Å². The second-order valence-electron chi connectivity index (χ2n) is 5.43. The van der Waals surface area contributed by atoms with Crippen molar-refractivity contribution in [1.82, 2.24) is 14.3 Å². The van der Waals surface area contributed by atoms with Crippen molar-refractivity contribution in [3.63, 3.8) is 0 Å². The van der Waals surface area contributed by atoms with E-state index >= 15 is 0 Å². The zero-order valence-corrected chi connectivity index (χ0v) is 13.4. The molecule has 0 radical (unpaired) electrons. The van der Waals surface area contributed by atoms with Crippen molar-refractivity contribution in [2.24, 2.45) is 0 Å². The minimum absolute atomic E-state index is 0.379. The molecule has 1 fully saturated rings. The highest BCUT2D eigenvalue weighted by Crippen LogP contribution is 2.18. The third kappa shape index (κ3) is 3.50. The summed E-state index contributed by atoms with van der Waals surface area (Å²) in [6, 6.07) is 1.78. The number of nitrogens with zero attached hydrogens (tertiary/aromatic N) is 4. The molecule has 0 spiro atoms. The van der Waals surface area contributed by atoms with E-state index in [0.717, 1.165) is 5.82 Å². The standard InChI is InChI=1S/C13H22N4O3S/c1-10(2)21(19,20)17-8-6-16(7-9-17)12-4-5-14-13(15-12)11(3)18/h4-5,10-11,18H,6-9H2,1-3H3. The molecular formula is C13H22N4O3S. The average molecular weight is 314 g/mol.